The van der Waals surface area contributed by atoms with Crippen LogP contribution in [0.1, 0.15) is 40.5 Å². The van der Waals surface area contributed by atoms with Gasteiger partial charge in [0, 0.05) is 0 Å². The molecule has 118 valence electrons. The summed E-state index contributed by atoms with van der Waals surface area (Å²) >= 11 is 0. The molecule has 2 unspecified atom stereocenters. The molecule has 4 N–H and O–H groups in total. The second kappa shape index (κ2) is 9.72. The van der Waals surface area contributed by atoms with Gasteiger partial charge in [-0.3, -0.25) is 9.59 Å². The fraction of sp³-hybridized carbons (Fsp3) is 0.857. The van der Waals surface area contributed by atoms with Crippen LogP contribution in [0.3, 0.4) is 0 Å². The summed E-state index contributed by atoms with van der Waals surface area (Å²) in [4.78, 5) is 22.9. The molecule has 6 heteroatoms. The second-order valence-electron chi connectivity index (χ2n) is 5.58. The lowest BCUT2D eigenvalue weighted by atomic mass is 10.1. The Morgan fingerprint density at radius 2 is 1.10 bits per heavy atom. The maximum atomic E-state index is 11.4. The van der Waals surface area contributed by atoms with Crippen molar-refractivity contribution >= 4 is 11.9 Å². The molecule has 0 spiro atoms. The van der Waals surface area contributed by atoms with Gasteiger partial charge in [-0.25, -0.2) is 0 Å². The second-order valence-corrected chi connectivity index (χ2v) is 5.58. The monoisotopic (exact) mass is 288 g/mol. The maximum Gasteiger partial charge on any atom is 0.323 e. The molecule has 0 aliphatic heterocycles. The topological polar surface area (TPSA) is 105 Å². The van der Waals surface area contributed by atoms with E-state index in [1.165, 1.54) is 0 Å². The molecule has 0 aliphatic carbocycles. The SMILES string of the molecule is CC(C)C(N)C(=O)OCCCCOC(=O)C(N)C(C)C. The molecule has 0 amide bonds. The van der Waals surface area contributed by atoms with E-state index < -0.39 is 12.1 Å². The summed E-state index contributed by atoms with van der Waals surface area (Å²) in [6.07, 6.45) is 1.25. The smallest absolute Gasteiger partial charge is 0.323 e. The van der Waals surface area contributed by atoms with Gasteiger partial charge < -0.3 is 20.9 Å². The van der Waals surface area contributed by atoms with Gasteiger partial charge in [0.2, 0.25) is 0 Å². The van der Waals surface area contributed by atoms with Gasteiger partial charge >= 0.3 is 11.9 Å². The van der Waals surface area contributed by atoms with Gasteiger partial charge in [0.25, 0.3) is 0 Å². The van der Waals surface area contributed by atoms with Crippen LogP contribution in [0.5, 0.6) is 0 Å². The largest absolute Gasteiger partial charge is 0.465 e. The quantitative estimate of drug-likeness (QED) is 0.481. The first kappa shape index (κ1) is 18.9. The zero-order chi connectivity index (χ0) is 15.7. The number of unbranched alkanes of at least 4 members (excludes halogenated alkanes) is 1. The van der Waals surface area contributed by atoms with Crippen molar-refractivity contribution in [3.8, 4) is 0 Å². The third kappa shape index (κ3) is 7.45. The molecular formula is C14H28N2O4. The predicted molar refractivity (Wildman–Crippen MR) is 76.8 cm³/mol. The van der Waals surface area contributed by atoms with E-state index in [2.05, 4.69) is 0 Å². The zero-order valence-electron chi connectivity index (χ0n) is 12.9. The summed E-state index contributed by atoms with van der Waals surface area (Å²) in [5, 5.41) is 0. The predicted octanol–water partition coefficient (Wildman–Crippen LogP) is 0.820. The Labute approximate surface area is 121 Å². The number of ether oxygens (including phenoxy) is 2. The zero-order valence-corrected chi connectivity index (χ0v) is 12.9. The molecule has 2 atom stereocenters. The Balaban J connectivity index is 3.64. The average molecular weight is 288 g/mol. The van der Waals surface area contributed by atoms with Gasteiger partial charge in [0.05, 0.1) is 13.2 Å². The van der Waals surface area contributed by atoms with Crippen molar-refractivity contribution in [2.45, 2.75) is 52.6 Å². The highest BCUT2D eigenvalue weighted by molar-refractivity contribution is 5.76. The normalized spacial score (nSPS) is 14.2. The molecule has 0 aromatic carbocycles. The number of carbonyl (C=O) groups is 2. The molecule has 0 fully saturated rings. The van der Waals surface area contributed by atoms with E-state index >= 15 is 0 Å². The highest BCUT2D eigenvalue weighted by Gasteiger charge is 2.19. The summed E-state index contributed by atoms with van der Waals surface area (Å²) in [6.45, 7) is 8.03. The fourth-order valence-corrected chi connectivity index (χ4v) is 1.29. The highest BCUT2D eigenvalue weighted by atomic mass is 16.5. The minimum absolute atomic E-state index is 0.0565. The molecular weight excluding hydrogens is 260 g/mol. The summed E-state index contributed by atoms with van der Waals surface area (Å²) in [5.74, 6) is -0.667. The molecule has 20 heavy (non-hydrogen) atoms. The third-order valence-corrected chi connectivity index (χ3v) is 3.01. The molecule has 0 bridgehead atoms. The number of carbonyl (C=O) groups excluding carboxylic acids is 2. The van der Waals surface area contributed by atoms with Crippen LogP contribution in [0.25, 0.3) is 0 Å². The molecule has 0 aromatic rings. The van der Waals surface area contributed by atoms with E-state index in [4.69, 9.17) is 20.9 Å². The van der Waals surface area contributed by atoms with Crippen LogP contribution in [-0.2, 0) is 19.1 Å². The van der Waals surface area contributed by atoms with Crippen LogP contribution >= 0.6 is 0 Å². The first-order chi connectivity index (χ1) is 9.27. The van der Waals surface area contributed by atoms with Crippen LogP contribution in [0.2, 0.25) is 0 Å². The van der Waals surface area contributed by atoms with E-state index in [1.807, 2.05) is 27.7 Å². The van der Waals surface area contributed by atoms with Crippen LogP contribution in [0.15, 0.2) is 0 Å². The van der Waals surface area contributed by atoms with Crippen molar-refractivity contribution in [1.29, 1.82) is 0 Å². The number of hydrogen-bond acceptors (Lipinski definition) is 6. The van der Waals surface area contributed by atoms with E-state index in [1.54, 1.807) is 0 Å². The van der Waals surface area contributed by atoms with Crippen molar-refractivity contribution in [3.63, 3.8) is 0 Å². The lowest BCUT2D eigenvalue weighted by Gasteiger charge is -2.15. The Morgan fingerprint density at radius 1 is 0.800 bits per heavy atom. The van der Waals surface area contributed by atoms with Crippen molar-refractivity contribution in [3.05, 3.63) is 0 Å². The van der Waals surface area contributed by atoms with E-state index in [-0.39, 0.29) is 37.0 Å². The van der Waals surface area contributed by atoms with Crippen LogP contribution in [0.4, 0.5) is 0 Å². The summed E-state index contributed by atoms with van der Waals surface area (Å²) in [5.41, 5.74) is 11.3. The summed E-state index contributed by atoms with van der Waals surface area (Å²) in [7, 11) is 0. The minimum atomic E-state index is -0.586. The van der Waals surface area contributed by atoms with Gasteiger partial charge in [-0.15, -0.1) is 0 Å². The first-order valence-corrected chi connectivity index (χ1v) is 7.11. The maximum absolute atomic E-state index is 11.4. The lowest BCUT2D eigenvalue weighted by Crippen LogP contribution is -2.37. The van der Waals surface area contributed by atoms with Gasteiger partial charge in [-0.2, -0.15) is 0 Å². The Hall–Kier alpha value is -1.14. The van der Waals surface area contributed by atoms with Gasteiger partial charge in [-0.1, -0.05) is 27.7 Å². The highest BCUT2D eigenvalue weighted by Crippen LogP contribution is 2.03. The van der Waals surface area contributed by atoms with E-state index in [0.29, 0.717) is 12.8 Å². The number of nitrogens with two attached hydrogens (primary N) is 2. The molecule has 0 radical (unpaired) electrons. The van der Waals surface area contributed by atoms with Crippen molar-refractivity contribution < 1.29 is 19.1 Å². The van der Waals surface area contributed by atoms with Crippen LogP contribution in [0, 0.1) is 11.8 Å². The van der Waals surface area contributed by atoms with Crippen molar-refractivity contribution in [1.82, 2.24) is 0 Å². The average Bonchev–Trinajstić information content (AvgIpc) is 2.39. The van der Waals surface area contributed by atoms with Gasteiger partial charge in [0.1, 0.15) is 12.1 Å². The molecule has 0 saturated carbocycles. The van der Waals surface area contributed by atoms with Crippen LogP contribution in [-0.4, -0.2) is 37.2 Å². The molecule has 0 aromatic heterocycles. The lowest BCUT2D eigenvalue weighted by molar-refractivity contribution is -0.148. The van der Waals surface area contributed by atoms with Crippen LogP contribution < -0.4 is 11.5 Å². The molecule has 0 aliphatic rings. The number of hydrogen-bond donors (Lipinski definition) is 2. The van der Waals surface area contributed by atoms with Crippen molar-refractivity contribution in [2.75, 3.05) is 13.2 Å². The fourth-order valence-electron chi connectivity index (χ4n) is 1.29. The Bertz CT molecular complexity index is 276. The van der Waals surface area contributed by atoms with E-state index in [0.717, 1.165) is 0 Å². The molecule has 0 rings (SSSR count). The standard InChI is InChI=1S/C14H28N2O4/c1-9(2)11(15)13(17)19-7-5-6-8-20-14(18)12(16)10(3)4/h9-12H,5-8,15-16H2,1-4H3. The Morgan fingerprint density at radius 3 is 1.35 bits per heavy atom. The third-order valence-electron chi connectivity index (χ3n) is 3.01. The Kier molecular flexibility index (Phi) is 9.16. The van der Waals surface area contributed by atoms with E-state index in [9.17, 15) is 9.59 Å². The van der Waals surface area contributed by atoms with Crippen molar-refractivity contribution in [2.24, 2.45) is 23.3 Å². The molecule has 6 nitrogen and oxygen atoms in total. The number of esters is 2. The first-order valence-electron chi connectivity index (χ1n) is 7.11. The number of rotatable bonds is 9. The molecule has 0 heterocycles. The van der Waals surface area contributed by atoms with Gasteiger partial charge in [-0.05, 0) is 24.7 Å². The summed E-state index contributed by atoms with van der Waals surface area (Å²) < 4.78 is 10.1. The molecule has 0 saturated heterocycles. The van der Waals surface area contributed by atoms with Gasteiger partial charge in [0.15, 0.2) is 0 Å². The minimum Gasteiger partial charge on any atom is -0.465 e. The summed E-state index contributed by atoms with van der Waals surface area (Å²) in [6, 6.07) is -1.17.